The second-order valence-corrected chi connectivity index (χ2v) is 18.6. The van der Waals surface area contributed by atoms with Crippen molar-refractivity contribution in [1.29, 1.82) is 0 Å². The maximum absolute atomic E-state index is 9.81. The molecule has 0 fully saturated rings. The van der Waals surface area contributed by atoms with Gasteiger partial charge in [-0.1, -0.05) is 97.1 Å². The van der Waals surface area contributed by atoms with Gasteiger partial charge >= 0.3 is 0 Å². The molecule has 8 bridgehead atoms. The first-order chi connectivity index (χ1) is 37.4. The molecule has 2 aliphatic heterocycles. The molecule has 0 unspecified atom stereocenters. The molecular formula is C64H46N4O8. The molecule has 0 radical (unpaired) electrons. The molecule has 12 nitrogen and oxygen atoms in total. The molecule has 0 aliphatic carbocycles. The van der Waals surface area contributed by atoms with Gasteiger partial charge in [0.1, 0.15) is 46.0 Å². The van der Waals surface area contributed by atoms with Crippen LogP contribution in [-0.2, 0) is 26.4 Å². The average molecular weight is 999 g/mol. The number of hydrogen-bond donors (Lipinski definition) is 6. The normalized spacial score (nSPS) is 11.6. The number of aromatic nitrogens is 4. The third-order valence-corrected chi connectivity index (χ3v) is 13.8. The van der Waals surface area contributed by atoms with Crippen LogP contribution in [0, 0.1) is 0 Å². The van der Waals surface area contributed by atoms with Gasteiger partial charge in [0, 0.05) is 32.9 Å². The molecule has 370 valence electrons. The zero-order valence-electron chi connectivity index (χ0n) is 40.6. The van der Waals surface area contributed by atoms with Crippen LogP contribution in [-0.4, -0.2) is 40.4 Å². The molecule has 0 spiro atoms. The zero-order valence-corrected chi connectivity index (χ0v) is 40.6. The number of benzene rings is 8. The van der Waals surface area contributed by atoms with Crippen LogP contribution in [0.4, 0.5) is 0 Å². The number of rotatable bonds is 12. The monoisotopic (exact) mass is 998 g/mol. The highest BCUT2D eigenvalue weighted by Crippen LogP contribution is 2.48. The minimum atomic E-state index is -0.0842. The van der Waals surface area contributed by atoms with Gasteiger partial charge in [0.2, 0.25) is 0 Å². The van der Waals surface area contributed by atoms with Crippen molar-refractivity contribution < 1.29 is 39.4 Å². The van der Waals surface area contributed by atoms with E-state index < -0.39 is 0 Å². The highest BCUT2D eigenvalue weighted by Gasteiger charge is 2.26. The molecule has 76 heavy (non-hydrogen) atoms. The third-order valence-electron chi connectivity index (χ3n) is 13.8. The molecule has 6 N–H and O–H groups in total. The maximum atomic E-state index is 9.81. The number of hydrogen-bond acceptors (Lipinski definition) is 10. The first kappa shape index (κ1) is 46.2. The lowest BCUT2D eigenvalue weighted by atomic mass is 10.0. The zero-order chi connectivity index (χ0) is 51.3. The van der Waals surface area contributed by atoms with E-state index in [1.807, 2.05) is 182 Å². The molecule has 13 rings (SSSR count). The first-order valence-corrected chi connectivity index (χ1v) is 24.8. The number of ether oxygens (including phenoxy) is 4. The standard InChI is InChI=1S/C64H46N4O8/c69-33-37-13-21-41(22-14-37)73-57-9-1-5-45-49-29-54-62-47(7-3-10-58(62)74-42-23-15-38(34-70)16-24-42)51(66-54)31-56-64-48(8-4-12-60(64)76-44-27-19-40(36-72)20-28-44)52(68-56)32-55-63-46(50(67-55)30-53(65-49)61(45)57)6-2-11-59(63)75-43-25-17-39(35-71)18-26-43/h1-32,65,68-72H,33-36H2. The minimum absolute atomic E-state index is 0.0837. The van der Waals surface area contributed by atoms with Crippen LogP contribution in [0.25, 0.3) is 88.6 Å². The van der Waals surface area contributed by atoms with Crippen LogP contribution in [0.1, 0.15) is 22.3 Å². The molecule has 8 aromatic carbocycles. The summed E-state index contributed by atoms with van der Waals surface area (Å²) in [6, 6.07) is 61.4. The molecule has 12 heteroatoms. The largest absolute Gasteiger partial charge is 0.457 e. The van der Waals surface area contributed by atoms with Crippen LogP contribution in [0.15, 0.2) is 194 Å². The van der Waals surface area contributed by atoms with Crippen LogP contribution in [0.5, 0.6) is 46.0 Å². The highest BCUT2D eigenvalue weighted by molar-refractivity contribution is 6.13. The Kier molecular flexibility index (Phi) is 11.8. The second-order valence-electron chi connectivity index (χ2n) is 18.6. The van der Waals surface area contributed by atoms with E-state index in [0.29, 0.717) is 68.8 Å². The molecular weight excluding hydrogens is 953 g/mol. The van der Waals surface area contributed by atoms with Crippen LogP contribution in [0.2, 0.25) is 0 Å². The predicted molar refractivity (Wildman–Crippen MR) is 295 cm³/mol. The number of nitrogens with zero attached hydrogens (tertiary/aromatic N) is 2. The number of H-pyrrole nitrogens is 2. The Bertz CT molecular complexity index is 3930. The van der Waals surface area contributed by atoms with Crippen molar-refractivity contribution in [3.05, 3.63) is 216 Å². The number of fused-ring (bicyclic) bond motifs is 20. The van der Waals surface area contributed by atoms with Gasteiger partial charge in [-0.3, -0.25) is 0 Å². The van der Waals surface area contributed by atoms with Crippen LogP contribution < -0.4 is 18.9 Å². The molecule has 0 atom stereocenters. The summed E-state index contributed by atoms with van der Waals surface area (Å²) in [4.78, 5) is 18.4. The van der Waals surface area contributed by atoms with Crippen molar-refractivity contribution in [1.82, 2.24) is 19.9 Å². The Morgan fingerprint density at radius 3 is 0.961 bits per heavy atom. The number of aliphatic hydroxyl groups is 4. The van der Waals surface area contributed by atoms with E-state index in [9.17, 15) is 20.4 Å². The fraction of sp³-hybridized carbons (Fsp3) is 0.0625. The fourth-order valence-electron chi connectivity index (χ4n) is 10.0. The van der Waals surface area contributed by atoms with Gasteiger partial charge in [0.05, 0.1) is 82.1 Å². The molecule has 0 amide bonds. The van der Waals surface area contributed by atoms with Gasteiger partial charge in [-0.25, -0.2) is 9.97 Å². The molecule has 11 aromatic rings. The summed E-state index contributed by atoms with van der Waals surface area (Å²) in [7, 11) is 0. The minimum Gasteiger partial charge on any atom is -0.457 e. The average Bonchev–Trinajstić information content (AvgIpc) is 4.22. The third kappa shape index (κ3) is 8.52. The summed E-state index contributed by atoms with van der Waals surface area (Å²) in [5.74, 6) is 4.79. The van der Waals surface area contributed by atoms with Gasteiger partial charge < -0.3 is 49.3 Å². The lowest BCUT2D eigenvalue weighted by Gasteiger charge is -2.11. The van der Waals surface area contributed by atoms with E-state index in [4.69, 9.17) is 28.9 Å². The van der Waals surface area contributed by atoms with E-state index in [1.165, 1.54) is 0 Å². The van der Waals surface area contributed by atoms with E-state index in [2.05, 4.69) is 22.1 Å². The smallest absolute Gasteiger partial charge is 0.137 e. The van der Waals surface area contributed by atoms with Crippen molar-refractivity contribution in [2.24, 2.45) is 0 Å². The van der Waals surface area contributed by atoms with Crippen molar-refractivity contribution in [2.75, 3.05) is 0 Å². The van der Waals surface area contributed by atoms with Crippen molar-refractivity contribution in [3.8, 4) is 91.0 Å². The molecule has 2 aliphatic rings. The van der Waals surface area contributed by atoms with Crippen molar-refractivity contribution in [3.63, 3.8) is 0 Å². The molecule has 5 heterocycles. The van der Waals surface area contributed by atoms with Gasteiger partial charge in [-0.05, 0) is 119 Å². The van der Waals surface area contributed by atoms with Crippen molar-refractivity contribution in [2.45, 2.75) is 26.4 Å². The van der Waals surface area contributed by atoms with Gasteiger partial charge in [0.15, 0.2) is 0 Å². The summed E-state index contributed by atoms with van der Waals surface area (Å²) in [5, 5.41) is 42.6. The van der Waals surface area contributed by atoms with E-state index in [1.54, 1.807) is 0 Å². The molecule has 3 aromatic heterocycles. The maximum Gasteiger partial charge on any atom is 0.137 e. The Labute approximate surface area is 435 Å². The second kappa shape index (κ2) is 19.4. The Morgan fingerprint density at radius 1 is 0.316 bits per heavy atom. The van der Waals surface area contributed by atoms with Gasteiger partial charge in [0.25, 0.3) is 0 Å². The summed E-state index contributed by atoms with van der Waals surface area (Å²) in [6.45, 7) is -0.336. The number of nitrogens with one attached hydrogen (secondary N) is 2. The fourth-order valence-corrected chi connectivity index (χ4v) is 10.0. The lowest BCUT2D eigenvalue weighted by Crippen LogP contribution is -1.89. The van der Waals surface area contributed by atoms with Gasteiger partial charge in [-0.2, -0.15) is 0 Å². The predicted octanol–water partition coefficient (Wildman–Crippen LogP) is 14.4. The van der Waals surface area contributed by atoms with Crippen LogP contribution in [0.3, 0.4) is 0 Å². The molecule has 0 saturated heterocycles. The quantitative estimate of drug-likeness (QED) is 0.0691. The van der Waals surface area contributed by atoms with E-state index in [-0.39, 0.29) is 26.4 Å². The number of aromatic amines is 2. The topological polar surface area (TPSA) is 175 Å². The van der Waals surface area contributed by atoms with Gasteiger partial charge in [-0.15, -0.1) is 0 Å². The SMILES string of the molecule is OCc1ccc(Oc2cccc3c2-c2cc4[nH]c(cc5nc(cc6[nH]c(cc-3n2)c2c(Oc3ccc(CO)cc3)cccc62)-c2c(Oc3ccc(CO)cc3)cccc2-5)c2c(Oc3ccc(CO)cc3)cccc42)cc1. The van der Waals surface area contributed by atoms with Crippen molar-refractivity contribution >= 4 is 43.6 Å². The lowest BCUT2D eigenvalue weighted by molar-refractivity contribution is 0.281. The summed E-state index contributed by atoms with van der Waals surface area (Å²) in [6.07, 6.45) is 0. The highest BCUT2D eigenvalue weighted by atomic mass is 16.5. The first-order valence-electron chi connectivity index (χ1n) is 24.8. The Balaban J connectivity index is 1.11. The summed E-state index contributed by atoms with van der Waals surface area (Å²) >= 11 is 0. The Hall–Kier alpha value is -9.56. The molecule has 0 saturated carbocycles. The van der Waals surface area contributed by atoms with E-state index in [0.717, 1.165) is 88.1 Å². The van der Waals surface area contributed by atoms with E-state index >= 15 is 0 Å². The Morgan fingerprint density at radius 2 is 0.618 bits per heavy atom. The summed E-state index contributed by atoms with van der Waals surface area (Å²) in [5.41, 5.74) is 11.9. The van der Waals surface area contributed by atoms with Crippen LogP contribution >= 0.6 is 0 Å². The number of aliphatic hydroxyl groups excluding tert-OH is 4. The summed E-state index contributed by atoms with van der Waals surface area (Å²) < 4.78 is 26.8.